The van der Waals surface area contributed by atoms with E-state index in [1.54, 1.807) is 0 Å². The lowest BCUT2D eigenvalue weighted by atomic mass is 10.1. The molecule has 0 radical (unpaired) electrons. The number of rotatable bonds is 19. The molecule has 40 heavy (non-hydrogen) atoms. The molecule has 0 aliphatic heterocycles. The molecule has 0 unspecified atom stereocenters. The van der Waals surface area contributed by atoms with Crippen LogP contribution in [0, 0.1) is 5.92 Å². The minimum Gasteiger partial charge on any atom is -0.355 e. The van der Waals surface area contributed by atoms with E-state index in [0.29, 0.717) is 19.0 Å². The van der Waals surface area contributed by atoms with E-state index in [4.69, 9.17) is 0 Å². The van der Waals surface area contributed by atoms with Crippen LogP contribution < -0.4 is 10.6 Å². The Morgan fingerprint density at radius 1 is 0.575 bits per heavy atom. The molecule has 0 aromatic carbocycles. The van der Waals surface area contributed by atoms with E-state index in [2.05, 4.69) is 24.5 Å². The van der Waals surface area contributed by atoms with Gasteiger partial charge in [-0.3, -0.25) is 28.8 Å². The first-order valence-electron chi connectivity index (χ1n) is 13.9. The van der Waals surface area contributed by atoms with Crippen LogP contribution in [0.25, 0.3) is 0 Å². The summed E-state index contributed by atoms with van der Waals surface area (Å²) in [7, 11) is 7.36. The molecule has 2 N–H and O–H groups in total. The number of unbranched alkanes of at least 4 members (excludes halogenated alkanes) is 1. The largest absolute Gasteiger partial charge is 0.355 e. The van der Waals surface area contributed by atoms with Crippen LogP contribution in [0.3, 0.4) is 0 Å². The summed E-state index contributed by atoms with van der Waals surface area (Å²) in [5, 5.41) is 5.85. The van der Waals surface area contributed by atoms with Gasteiger partial charge in [-0.25, -0.2) is 0 Å². The van der Waals surface area contributed by atoms with Crippen molar-refractivity contribution in [2.24, 2.45) is 5.92 Å². The molecule has 6 amide bonds. The van der Waals surface area contributed by atoms with E-state index < -0.39 is 23.6 Å². The number of hydrogen-bond acceptors (Lipinski definition) is 7. The molecule has 230 valence electrons. The fourth-order valence-electron chi connectivity index (χ4n) is 3.47. The number of carbonyl (C=O) groups is 6. The lowest BCUT2D eigenvalue weighted by Gasteiger charge is -2.26. The Kier molecular flexibility index (Phi) is 18.2. The number of nitrogens with zero attached hydrogens (tertiary/aromatic N) is 5. The van der Waals surface area contributed by atoms with E-state index in [1.165, 1.54) is 59.7 Å². The van der Waals surface area contributed by atoms with Crippen LogP contribution in [0.5, 0.6) is 0 Å². The molecule has 0 atom stereocenters. The predicted molar refractivity (Wildman–Crippen MR) is 153 cm³/mol. The number of amides is 6. The Balaban J connectivity index is 4.51. The molecule has 13 heteroatoms. The summed E-state index contributed by atoms with van der Waals surface area (Å²) in [5.41, 5.74) is 0. The molecule has 0 aromatic heterocycles. The summed E-state index contributed by atoms with van der Waals surface area (Å²) >= 11 is 0. The van der Waals surface area contributed by atoms with E-state index in [-0.39, 0.29) is 51.0 Å². The van der Waals surface area contributed by atoms with Crippen molar-refractivity contribution in [2.45, 2.75) is 46.5 Å². The van der Waals surface area contributed by atoms with Gasteiger partial charge in [0.1, 0.15) is 0 Å². The maximum absolute atomic E-state index is 12.6. The van der Waals surface area contributed by atoms with Crippen LogP contribution in [-0.4, -0.2) is 148 Å². The average molecular weight is 570 g/mol. The molecular formula is C27H51N7O6. The Morgan fingerprint density at radius 2 is 0.975 bits per heavy atom. The minimum absolute atomic E-state index is 0.111. The van der Waals surface area contributed by atoms with Gasteiger partial charge in [0.2, 0.25) is 35.4 Å². The third kappa shape index (κ3) is 16.0. The molecule has 13 nitrogen and oxygen atoms in total. The Labute approximate surface area is 239 Å². The number of hydrogen-bond donors (Lipinski definition) is 2. The van der Waals surface area contributed by atoms with Crippen molar-refractivity contribution in [3.8, 4) is 0 Å². The van der Waals surface area contributed by atoms with E-state index in [0.717, 1.165) is 25.8 Å². The highest BCUT2D eigenvalue weighted by Gasteiger charge is 2.23. The predicted octanol–water partition coefficient (Wildman–Crippen LogP) is -0.779. The molecule has 0 aliphatic carbocycles. The van der Waals surface area contributed by atoms with Crippen molar-refractivity contribution in [3.63, 3.8) is 0 Å². The number of likely N-dealkylation sites (N-methyl/N-ethyl adjacent to an activating group) is 5. The third-order valence-corrected chi connectivity index (χ3v) is 6.30. The third-order valence-electron chi connectivity index (χ3n) is 6.30. The van der Waals surface area contributed by atoms with Crippen LogP contribution in [0.2, 0.25) is 0 Å². The first kappa shape index (κ1) is 36.8. The first-order valence-corrected chi connectivity index (χ1v) is 13.9. The highest BCUT2D eigenvalue weighted by Crippen LogP contribution is 2.05. The molecule has 0 heterocycles. The van der Waals surface area contributed by atoms with Crippen molar-refractivity contribution >= 4 is 35.4 Å². The summed E-state index contributed by atoms with van der Waals surface area (Å²) < 4.78 is 0. The van der Waals surface area contributed by atoms with Gasteiger partial charge in [0.15, 0.2) is 0 Å². The van der Waals surface area contributed by atoms with E-state index in [1.807, 2.05) is 6.92 Å². The first-order chi connectivity index (χ1) is 18.7. The summed E-state index contributed by atoms with van der Waals surface area (Å²) in [6, 6.07) is 0. The highest BCUT2D eigenvalue weighted by atomic mass is 16.2. The molecule has 0 saturated carbocycles. The lowest BCUT2D eigenvalue weighted by Crippen LogP contribution is -2.48. The maximum Gasteiger partial charge on any atom is 0.242 e. The van der Waals surface area contributed by atoms with Crippen molar-refractivity contribution < 1.29 is 28.8 Å². The lowest BCUT2D eigenvalue weighted by molar-refractivity contribution is -0.145. The van der Waals surface area contributed by atoms with Gasteiger partial charge in [0.05, 0.1) is 32.7 Å². The quantitative estimate of drug-likeness (QED) is 0.194. The second-order valence-corrected chi connectivity index (χ2v) is 10.6. The summed E-state index contributed by atoms with van der Waals surface area (Å²) in [5.74, 6) is -1.57. The molecule has 0 saturated heterocycles. The van der Waals surface area contributed by atoms with Crippen LogP contribution in [0.15, 0.2) is 0 Å². The standard InChI is InChI=1S/C27H51N7O6/c1-9-28-15-13-23(36)31(5)17-25(38)33(7)19-27(40)34(8)20-26(39)32(6)18-24(37)30(4)16-22(35)29-14-11-10-12-21(2)3/h21,28H,9-20H2,1-8H3,(H,29,35). The second-order valence-electron chi connectivity index (χ2n) is 10.6. The SMILES string of the molecule is CCNCCC(=O)N(C)CC(=O)N(C)CC(=O)N(C)CC(=O)N(C)CC(=O)N(C)CC(=O)NCCCCC(C)C. The zero-order chi connectivity index (χ0) is 30.8. The van der Waals surface area contributed by atoms with Gasteiger partial charge in [-0.1, -0.05) is 33.6 Å². The maximum atomic E-state index is 12.6. The molecule has 0 bridgehead atoms. The van der Waals surface area contributed by atoms with Gasteiger partial charge in [0.25, 0.3) is 0 Å². The fourth-order valence-corrected chi connectivity index (χ4v) is 3.47. The topological polar surface area (TPSA) is 143 Å². The van der Waals surface area contributed by atoms with Gasteiger partial charge < -0.3 is 35.1 Å². The van der Waals surface area contributed by atoms with Crippen LogP contribution in [0.4, 0.5) is 0 Å². The summed E-state index contributed by atoms with van der Waals surface area (Å²) in [4.78, 5) is 80.4. The minimum atomic E-state index is -0.466. The molecule has 0 fully saturated rings. The molecule has 0 rings (SSSR count). The summed E-state index contributed by atoms with van der Waals surface area (Å²) in [6.45, 7) is 7.00. The zero-order valence-corrected chi connectivity index (χ0v) is 25.7. The Morgan fingerprint density at radius 3 is 1.38 bits per heavy atom. The molecule has 0 aromatic rings. The van der Waals surface area contributed by atoms with E-state index >= 15 is 0 Å². The number of carbonyl (C=O) groups excluding carboxylic acids is 6. The van der Waals surface area contributed by atoms with Crippen molar-refractivity contribution in [1.82, 2.24) is 35.1 Å². The van der Waals surface area contributed by atoms with Gasteiger partial charge >= 0.3 is 0 Å². The van der Waals surface area contributed by atoms with Crippen LogP contribution >= 0.6 is 0 Å². The summed E-state index contributed by atoms with van der Waals surface area (Å²) in [6.07, 6.45) is 3.27. The van der Waals surface area contributed by atoms with Crippen molar-refractivity contribution in [1.29, 1.82) is 0 Å². The van der Waals surface area contributed by atoms with Gasteiger partial charge in [-0.05, 0) is 18.9 Å². The monoisotopic (exact) mass is 569 g/mol. The molecular weight excluding hydrogens is 518 g/mol. The van der Waals surface area contributed by atoms with Crippen LogP contribution in [0.1, 0.15) is 46.5 Å². The Hall–Kier alpha value is -3.22. The Bertz CT molecular complexity index is 851. The van der Waals surface area contributed by atoms with Gasteiger partial charge in [0, 0.05) is 54.7 Å². The van der Waals surface area contributed by atoms with Crippen molar-refractivity contribution in [2.75, 3.05) is 87.6 Å². The zero-order valence-electron chi connectivity index (χ0n) is 25.7. The van der Waals surface area contributed by atoms with Gasteiger partial charge in [-0.15, -0.1) is 0 Å². The highest BCUT2D eigenvalue weighted by molar-refractivity contribution is 5.91. The number of nitrogens with one attached hydrogen (secondary N) is 2. The second kappa shape index (κ2) is 19.8. The molecule has 0 spiro atoms. The average Bonchev–Trinajstić information content (AvgIpc) is 2.87. The van der Waals surface area contributed by atoms with Gasteiger partial charge in [-0.2, -0.15) is 0 Å². The van der Waals surface area contributed by atoms with Crippen molar-refractivity contribution in [3.05, 3.63) is 0 Å². The molecule has 0 aliphatic rings. The smallest absolute Gasteiger partial charge is 0.242 e. The normalized spacial score (nSPS) is 10.6. The van der Waals surface area contributed by atoms with E-state index in [9.17, 15) is 28.8 Å². The van der Waals surface area contributed by atoms with Crippen LogP contribution in [-0.2, 0) is 28.8 Å². The fraction of sp³-hybridized carbons (Fsp3) is 0.778.